The van der Waals surface area contributed by atoms with E-state index in [9.17, 15) is 4.79 Å². The summed E-state index contributed by atoms with van der Waals surface area (Å²) in [4.78, 5) is 12.7. The number of nitrogens with one attached hydrogen (secondary N) is 2. The third kappa shape index (κ3) is 3.50. The molecule has 0 saturated carbocycles. The highest BCUT2D eigenvalue weighted by atomic mass is 79.9. The molecule has 0 aromatic carbocycles. The second kappa shape index (κ2) is 6.10. The lowest BCUT2D eigenvalue weighted by Crippen LogP contribution is -2.27. The number of carbonyl (C=O) groups is 1. The third-order valence-corrected chi connectivity index (χ3v) is 3.74. The second-order valence-electron chi connectivity index (χ2n) is 3.90. The predicted molar refractivity (Wildman–Crippen MR) is 79.9 cm³/mol. The largest absolute Gasteiger partial charge is 0.444 e. The summed E-state index contributed by atoms with van der Waals surface area (Å²) in [5.41, 5.74) is 0. The van der Waals surface area contributed by atoms with Crippen LogP contribution in [0.15, 0.2) is 43.1 Å². The molecule has 0 unspecified atom stereocenters. The Hall–Kier alpha value is -2.13. The minimum Gasteiger partial charge on any atom is -0.444 e. The van der Waals surface area contributed by atoms with Crippen LogP contribution in [-0.2, 0) is 6.54 Å². The van der Waals surface area contributed by atoms with Crippen molar-refractivity contribution in [2.24, 2.45) is 0 Å². The van der Waals surface area contributed by atoms with E-state index in [-0.39, 0.29) is 11.9 Å². The zero-order valence-electron chi connectivity index (χ0n) is 10.5. The number of halogens is 1. The number of anilines is 1. The van der Waals surface area contributed by atoms with Gasteiger partial charge in [0.15, 0.2) is 10.4 Å². The van der Waals surface area contributed by atoms with Gasteiger partial charge in [0, 0.05) is 4.88 Å². The molecule has 3 heterocycles. The number of urea groups is 1. The summed E-state index contributed by atoms with van der Waals surface area (Å²) in [5.74, 6) is 0.607. The van der Waals surface area contributed by atoms with Gasteiger partial charge in [-0.1, -0.05) is 11.2 Å². The SMILES string of the molecule is O=C(NCc1cccs1)Nc1nnc(-c2ccc(Br)o2)o1. The lowest BCUT2D eigenvalue weighted by Gasteiger charge is -2.02. The van der Waals surface area contributed by atoms with Gasteiger partial charge in [0.2, 0.25) is 0 Å². The summed E-state index contributed by atoms with van der Waals surface area (Å²) in [6, 6.07) is 6.83. The fourth-order valence-corrected chi connectivity index (χ4v) is 2.48. The highest BCUT2D eigenvalue weighted by molar-refractivity contribution is 9.10. The minimum absolute atomic E-state index is 0.00111. The number of hydrogen-bond donors (Lipinski definition) is 2. The summed E-state index contributed by atoms with van der Waals surface area (Å²) >= 11 is 4.74. The van der Waals surface area contributed by atoms with Crippen molar-refractivity contribution in [2.75, 3.05) is 5.32 Å². The molecular weight excluding hydrogens is 360 g/mol. The van der Waals surface area contributed by atoms with Crippen molar-refractivity contribution in [2.45, 2.75) is 6.54 Å². The standard InChI is InChI=1S/C12H9BrN4O3S/c13-9-4-3-8(19-9)10-16-17-12(20-10)15-11(18)14-6-7-2-1-5-21-7/h1-5H,6H2,(H2,14,15,17,18). The van der Waals surface area contributed by atoms with Crippen LogP contribution >= 0.6 is 27.3 Å². The third-order valence-electron chi connectivity index (χ3n) is 2.43. The summed E-state index contributed by atoms with van der Waals surface area (Å²) in [6.07, 6.45) is 0. The lowest BCUT2D eigenvalue weighted by molar-refractivity contribution is 0.251. The van der Waals surface area contributed by atoms with Crippen molar-refractivity contribution in [3.63, 3.8) is 0 Å². The van der Waals surface area contributed by atoms with Crippen molar-refractivity contribution >= 4 is 39.3 Å². The first-order valence-electron chi connectivity index (χ1n) is 5.87. The van der Waals surface area contributed by atoms with E-state index >= 15 is 0 Å². The molecule has 9 heteroatoms. The van der Waals surface area contributed by atoms with Crippen LogP contribution in [0.4, 0.5) is 10.8 Å². The summed E-state index contributed by atoms with van der Waals surface area (Å²) in [5, 5.41) is 14.6. The van der Waals surface area contributed by atoms with E-state index in [1.54, 1.807) is 23.5 Å². The van der Waals surface area contributed by atoms with Crippen molar-refractivity contribution < 1.29 is 13.6 Å². The summed E-state index contributed by atoms with van der Waals surface area (Å²) in [6.45, 7) is 0.440. The number of hydrogen-bond acceptors (Lipinski definition) is 6. The Morgan fingerprint density at radius 2 is 2.19 bits per heavy atom. The van der Waals surface area contributed by atoms with Gasteiger partial charge >= 0.3 is 12.0 Å². The Kier molecular flexibility index (Phi) is 4.02. The van der Waals surface area contributed by atoms with Gasteiger partial charge in [-0.05, 0) is 39.5 Å². The van der Waals surface area contributed by atoms with Crippen molar-refractivity contribution in [1.29, 1.82) is 0 Å². The molecule has 0 aliphatic carbocycles. The zero-order chi connectivity index (χ0) is 14.7. The number of rotatable bonds is 4. The van der Waals surface area contributed by atoms with Crippen molar-refractivity contribution in [1.82, 2.24) is 15.5 Å². The maximum Gasteiger partial charge on any atom is 0.324 e. The highest BCUT2D eigenvalue weighted by Crippen LogP contribution is 2.24. The normalized spacial score (nSPS) is 10.5. The molecule has 0 radical (unpaired) electrons. The van der Waals surface area contributed by atoms with Gasteiger partial charge < -0.3 is 14.2 Å². The molecule has 0 saturated heterocycles. The van der Waals surface area contributed by atoms with Gasteiger partial charge in [0.05, 0.1) is 6.54 Å². The number of carbonyl (C=O) groups excluding carboxylic acids is 1. The molecule has 2 amide bonds. The van der Waals surface area contributed by atoms with E-state index in [0.717, 1.165) is 4.88 Å². The number of nitrogens with zero attached hydrogens (tertiary/aromatic N) is 2. The van der Waals surface area contributed by atoms with Crippen LogP contribution in [0.1, 0.15) is 4.88 Å². The quantitative estimate of drug-likeness (QED) is 0.735. The van der Waals surface area contributed by atoms with Crippen LogP contribution in [0.3, 0.4) is 0 Å². The molecule has 3 aromatic heterocycles. The fraction of sp³-hybridized carbons (Fsp3) is 0.0833. The Bertz CT molecular complexity index is 737. The predicted octanol–water partition coefficient (Wildman–Crippen LogP) is 3.48. The van der Waals surface area contributed by atoms with Gasteiger partial charge in [0.25, 0.3) is 5.89 Å². The van der Waals surface area contributed by atoms with Crippen LogP contribution in [0.5, 0.6) is 0 Å². The molecule has 0 bridgehead atoms. The molecule has 3 aromatic rings. The van der Waals surface area contributed by atoms with Crippen molar-refractivity contribution in [3.05, 3.63) is 39.2 Å². The van der Waals surface area contributed by atoms with Gasteiger partial charge in [-0.25, -0.2) is 4.79 Å². The number of furan rings is 1. The smallest absolute Gasteiger partial charge is 0.324 e. The van der Waals surface area contributed by atoms with Gasteiger partial charge in [0.1, 0.15) is 0 Å². The first-order chi connectivity index (χ1) is 10.2. The molecule has 0 atom stereocenters. The van der Waals surface area contributed by atoms with Gasteiger partial charge in [-0.3, -0.25) is 5.32 Å². The first kappa shape index (κ1) is 13.8. The maximum atomic E-state index is 11.7. The molecular formula is C12H9BrN4O3S. The monoisotopic (exact) mass is 368 g/mol. The number of thiophene rings is 1. The summed E-state index contributed by atoms with van der Waals surface area (Å²) < 4.78 is 11.1. The van der Waals surface area contributed by atoms with E-state index in [2.05, 4.69) is 36.8 Å². The molecule has 0 aliphatic rings. The number of amides is 2. The van der Waals surface area contributed by atoms with Crippen LogP contribution in [0, 0.1) is 0 Å². The zero-order valence-corrected chi connectivity index (χ0v) is 12.9. The van der Waals surface area contributed by atoms with E-state index in [0.29, 0.717) is 17.0 Å². The van der Waals surface area contributed by atoms with E-state index < -0.39 is 6.03 Å². The van der Waals surface area contributed by atoms with Crippen molar-refractivity contribution in [3.8, 4) is 11.7 Å². The molecule has 108 valence electrons. The fourth-order valence-electron chi connectivity index (χ4n) is 1.52. The highest BCUT2D eigenvalue weighted by Gasteiger charge is 2.13. The van der Waals surface area contributed by atoms with E-state index in [1.165, 1.54) is 0 Å². The Labute approximate surface area is 131 Å². The Balaban J connectivity index is 1.58. The average Bonchev–Trinajstić information content (AvgIpc) is 3.17. The van der Waals surface area contributed by atoms with Crippen LogP contribution < -0.4 is 10.6 Å². The molecule has 2 N–H and O–H groups in total. The molecule has 3 rings (SSSR count). The Morgan fingerprint density at radius 3 is 2.90 bits per heavy atom. The second-order valence-corrected chi connectivity index (χ2v) is 5.72. The van der Waals surface area contributed by atoms with Gasteiger partial charge in [-0.15, -0.1) is 16.4 Å². The van der Waals surface area contributed by atoms with Gasteiger partial charge in [-0.2, -0.15) is 0 Å². The molecule has 0 aliphatic heterocycles. The van der Waals surface area contributed by atoms with E-state index in [4.69, 9.17) is 8.83 Å². The summed E-state index contributed by atoms with van der Waals surface area (Å²) in [7, 11) is 0. The van der Waals surface area contributed by atoms with Crippen LogP contribution in [0.2, 0.25) is 0 Å². The molecule has 0 fully saturated rings. The van der Waals surface area contributed by atoms with Crippen LogP contribution in [-0.4, -0.2) is 16.2 Å². The average molecular weight is 369 g/mol. The maximum absolute atomic E-state index is 11.7. The first-order valence-corrected chi connectivity index (χ1v) is 7.54. The molecule has 7 nitrogen and oxygen atoms in total. The topological polar surface area (TPSA) is 93.2 Å². The molecule has 21 heavy (non-hydrogen) atoms. The Morgan fingerprint density at radius 1 is 1.29 bits per heavy atom. The molecule has 0 spiro atoms. The minimum atomic E-state index is -0.417. The lowest BCUT2D eigenvalue weighted by atomic mass is 10.5. The van der Waals surface area contributed by atoms with Crippen LogP contribution in [0.25, 0.3) is 11.7 Å². The number of aromatic nitrogens is 2. The van der Waals surface area contributed by atoms with E-state index in [1.807, 2.05) is 17.5 Å².